The first kappa shape index (κ1) is 14.0. The second kappa shape index (κ2) is 5.16. The van der Waals surface area contributed by atoms with Gasteiger partial charge in [-0.3, -0.25) is 0 Å². The summed E-state index contributed by atoms with van der Waals surface area (Å²) in [5.41, 5.74) is 0.647. The second-order valence-electron chi connectivity index (χ2n) is 5.74. The summed E-state index contributed by atoms with van der Waals surface area (Å²) in [6, 6.07) is 0. The van der Waals surface area contributed by atoms with Crippen LogP contribution in [0.25, 0.3) is 0 Å². The molecule has 0 spiro atoms. The molecule has 0 saturated carbocycles. The largest absolute Gasteiger partial charge is 0.307 e. The van der Waals surface area contributed by atoms with E-state index in [4.69, 9.17) is 0 Å². The lowest BCUT2D eigenvalue weighted by atomic mass is 9.91. The van der Waals surface area contributed by atoms with Gasteiger partial charge in [0.25, 0.3) is 0 Å². The molecule has 0 aliphatic carbocycles. The van der Waals surface area contributed by atoms with E-state index in [0.29, 0.717) is 11.1 Å². The van der Waals surface area contributed by atoms with Crippen molar-refractivity contribution in [3.05, 3.63) is 0 Å². The average molecular weight is 199 g/mol. The van der Waals surface area contributed by atoms with Gasteiger partial charge in [0.1, 0.15) is 0 Å². The third-order valence-corrected chi connectivity index (χ3v) is 2.80. The van der Waals surface area contributed by atoms with Crippen LogP contribution in [-0.4, -0.2) is 11.1 Å². The minimum Gasteiger partial charge on any atom is -0.307 e. The maximum Gasteiger partial charge on any atom is 0.0132 e. The smallest absolute Gasteiger partial charge is 0.0132 e. The van der Waals surface area contributed by atoms with Crippen molar-refractivity contribution in [2.24, 2.45) is 5.92 Å². The van der Waals surface area contributed by atoms with Gasteiger partial charge in [-0.1, -0.05) is 20.8 Å². The first-order chi connectivity index (χ1) is 6.31. The predicted octanol–water partition coefficient (Wildman–Crippen LogP) is 3.98. The van der Waals surface area contributed by atoms with E-state index in [1.54, 1.807) is 0 Å². The minimum atomic E-state index is 0.319. The standard InChI is InChI=1S/C11H23N.C2H6/c1-9-6-7-10(2,3)12-11(4,5)8-9;1-2/h9,12H,6-8H2,1-5H3;1-2H3. The predicted molar refractivity (Wildman–Crippen MR) is 65.7 cm³/mol. The second-order valence-corrected chi connectivity index (χ2v) is 5.74. The molecule has 1 aliphatic heterocycles. The molecule has 1 unspecified atom stereocenters. The van der Waals surface area contributed by atoms with Crippen molar-refractivity contribution in [1.29, 1.82) is 0 Å². The Hall–Kier alpha value is -0.0400. The molecule has 1 heteroatoms. The fourth-order valence-corrected chi connectivity index (χ4v) is 2.61. The van der Waals surface area contributed by atoms with Gasteiger partial charge in [-0.2, -0.15) is 0 Å². The third kappa shape index (κ3) is 4.99. The molecule has 14 heavy (non-hydrogen) atoms. The molecule has 1 saturated heterocycles. The maximum absolute atomic E-state index is 3.72. The molecule has 0 bridgehead atoms. The summed E-state index contributed by atoms with van der Waals surface area (Å²) >= 11 is 0. The van der Waals surface area contributed by atoms with Crippen molar-refractivity contribution in [1.82, 2.24) is 5.32 Å². The van der Waals surface area contributed by atoms with E-state index in [1.807, 2.05) is 13.8 Å². The van der Waals surface area contributed by atoms with E-state index in [9.17, 15) is 0 Å². The maximum atomic E-state index is 3.72. The van der Waals surface area contributed by atoms with Gasteiger partial charge >= 0.3 is 0 Å². The van der Waals surface area contributed by atoms with Gasteiger partial charge in [0.2, 0.25) is 0 Å². The fraction of sp³-hybridized carbons (Fsp3) is 1.00. The highest BCUT2D eigenvalue weighted by molar-refractivity contribution is 4.92. The quantitative estimate of drug-likeness (QED) is 0.622. The lowest BCUT2D eigenvalue weighted by Crippen LogP contribution is -2.50. The van der Waals surface area contributed by atoms with Crippen LogP contribution in [0.2, 0.25) is 0 Å². The van der Waals surface area contributed by atoms with Crippen LogP contribution < -0.4 is 5.32 Å². The molecular weight excluding hydrogens is 170 g/mol. The van der Waals surface area contributed by atoms with Crippen molar-refractivity contribution in [3.8, 4) is 0 Å². The molecule has 0 aromatic carbocycles. The Bertz CT molecular complexity index is 159. The Labute approximate surface area is 90.7 Å². The van der Waals surface area contributed by atoms with Gasteiger partial charge < -0.3 is 5.32 Å². The number of nitrogens with one attached hydrogen (secondary N) is 1. The first-order valence-electron chi connectivity index (χ1n) is 6.10. The highest BCUT2D eigenvalue weighted by Crippen LogP contribution is 2.30. The highest BCUT2D eigenvalue weighted by atomic mass is 15.0. The van der Waals surface area contributed by atoms with Crippen LogP contribution >= 0.6 is 0 Å². The SMILES string of the molecule is CC.CC1CCC(C)(C)NC(C)(C)C1. The van der Waals surface area contributed by atoms with E-state index in [-0.39, 0.29) is 0 Å². The summed E-state index contributed by atoms with van der Waals surface area (Å²) in [5, 5.41) is 3.72. The van der Waals surface area contributed by atoms with Gasteiger partial charge in [0.15, 0.2) is 0 Å². The third-order valence-electron chi connectivity index (χ3n) is 2.80. The van der Waals surface area contributed by atoms with E-state index < -0.39 is 0 Å². The van der Waals surface area contributed by atoms with Crippen molar-refractivity contribution in [2.75, 3.05) is 0 Å². The lowest BCUT2D eigenvalue weighted by molar-refractivity contribution is 0.263. The van der Waals surface area contributed by atoms with E-state index >= 15 is 0 Å². The van der Waals surface area contributed by atoms with E-state index in [2.05, 4.69) is 39.9 Å². The molecule has 0 radical (unpaired) electrons. The molecule has 1 nitrogen and oxygen atoms in total. The zero-order chi connectivity index (χ0) is 11.4. The summed E-state index contributed by atoms with van der Waals surface area (Å²) in [5.74, 6) is 0.870. The van der Waals surface area contributed by atoms with Crippen LogP contribution in [0, 0.1) is 5.92 Å². The van der Waals surface area contributed by atoms with Crippen LogP contribution in [0.15, 0.2) is 0 Å². The summed E-state index contributed by atoms with van der Waals surface area (Å²) < 4.78 is 0. The Kier molecular flexibility index (Phi) is 5.14. The molecule has 0 amide bonds. The van der Waals surface area contributed by atoms with Crippen LogP contribution in [0.3, 0.4) is 0 Å². The van der Waals surface area contributed by atoms with Crippen LogP contribution in [-0.2, 0) is 0 Å². The molecule has 1 rings (SSSR count). The van der Waals surface area contributed by atoms with E-state index in [0.717, 1.165) is 5.92 Å². The van der Waals surface area contributed by atoms with Gasteiger partial charge in [-0.25, -0.2) is 0 Å². The summed E-state index contributed by atoms with van der Waals surface area (Å²) in [6.45, 7) is 15.6. The number of hydrogen-bond donors (Lipinski definition) is 1. The van der Waals surface area contributed by atoms with E-state index in [1.165, 1.54) is 19.3 Å². The Morgan fingerprint density at radius 3 is 2.00 bits per heavy atom. The van der Waals surface area contributed by atoms with Crippen molar-refractivity contribution < 1.29 is 0 Å². The lowest BCUT2D eigenvalue weighted by Gasteiger charge is -2.34. The summed E-state index contributed by atoms with van der Waals surface area (Å²) in [4.78, 5) is 0. The number of hydrogen-bond acceptors (Lipinski definition) is 1. The molecule has 1 atom stereocenters. The van der Waals surface area contributed by atoms with Gasteiger partial charge in [0.05, 0.1) is 0 Å². The molecule has 1 aliphatic rings. The van der Waals surface area contributed by atoms with Gasteiger partial charge in [-0.05, 0) is 52.9 Å². The topological polar surface area (TPSA) is 12.0 Å². The van der Waals surface area contributed by atoms with Crippen molar-refractivity contribution in [3.63, 3.8) is 0 Å². The minimum absolute atomic E-state index is 0.319. The molecule has 0 aromatic heterocycles. The molecular formula is C13H29N. The van der Waals surface area contributed by atoms with Gasteiger partial charge in [-0.15, -0.1) is 0 Å². The Balaban J connectivity index is 0.000000791. The summed E-state index contributed by atoms with van der Waals surface area (Å²) in [6.07, 6.45) is 3.97. The first-order valence-corrected chi connectivity index (χ1v) is 6.10. The van der Waals surface area contributed by atoms with Gasteiger partial charge in [0, 0.05) is 11.1 Å². The van der Waals surface area contributed by atoms with Crippen LogP contribution in [0.4, 0.5) is 0 Å². The normalized spacial score (nSPS) is 29.8. The van der Waals surface area contributed by atoms with Crippen molar-refractivity contribution >= 4 is 0 Å². The van der Waals surface area contributed by atoms with Crippen LogP contribution in [0.5, 0.6) is 0 Å². The molecule has 1 N–H and O–H groups in total. The highest BCUT2D eigenvalue weighted by Gasteiger charge is 2.32. The Morgan fingerprint density at radius 1 is 1.00 bits per heavy atom. The molecule has 86 valence electrons. The average Bonchev–Trinajstić information content (AvgIpc) is 2.10. The van der Waals surface area contributed by atoms with Crippen LogP contribution in [0.1, 0.15) is 67.7 Å². The zero-order valence-electron chi connectivity index (χ0n) is 11.2. The fourth-order valence-electron chi connectivity index (χ4n) is 2.61. The number of rotatable bonds is 0. The van der Waals surface area contributed by atoms with Crippen molar-refractivity contribution in [2.45, 2.75) is 78.8 Å². The molecule has 1 fully saturated rings. The molecule has 0 aromatic rings. The zero-order valence-corrected chi connectivity index (χ0v) is 11.2. The molecule has 1 heterocycles. The monoisotopic (exact) mass is 199 g/mol. The summed E-state index contributed by atoms with van der Waals surface area (Å²) in [7, 11) is 0. The Morgan fingerprint density at radius 2 is 1.50 bits per heavy atom.